The number of nitrogens with one attached hydrogen (secondary N) is 1. The number of hydrogen-bond donors (Lipinski definition) is 1. The fraction of sp³-hybridized carbons (Fsp3) is 0.286. The topological polar surface area (TPSA) is 55.4 Å². The zero-order chi connectivity index (χ0) is 13.4. The smallest absolute Gasteiger partial charge is 0.220 e. The van der Waals surface area contributed by atoms with Crippen molar-refractivity contribution in [3.63, 3.8) is 0 Å². The highest BCUT2D eigenvalue weighted by Gasteiger charge is 2.08. The van der Waals surface area contributed by atoms with E-state index in [9.17, 15) is 9.59 Å². The normalized spacial score (nSPS) is 9.61. The summed E-state index contributed by atoms with van der Waals surface area (Å²) in [5, 5.41) is 2.63. The van der Waals surface area contributed by atoms with Crippen LogP contribution in [0.3, 0.4) is 0 Å². The second kappa shape index (κ2) is 7.27. The number of methoxy groups -OCH3 is 1. The Labute approximate surface area is 107 Å². The van der Waals surface area contributed by atoms with Gasteiger partial charge in [0.15, 0.2) is 5.78 Å². The van der Waals surface area contributed by atoms with Crippen LogP contribution >= 0.6 is 0 Å². The lowest BCUT2D eigenvalue weighted by Gasteiger charge is -2.03. The highest BCUT2D eigenvalue weighted by Crippen LogP contribution is 2.13. The summed E-state index contributed by atoms with van der Waals surface area (Å²) in [6.07, 6.45) is 2.00. The van der Waals surface area contributed by atoms with Gasteiger partial charge in [-0.25, -0.2) is 0 Å². The number of carbonyl (C=O) groups excluding carboxylic acids is 2. The molecule has 0 heterocycles. The molecule has 0 aliphatic rings. The molecule has 1 aromatic carbocycles. The molecule has 0 saturated carbocycles. The first kappa shape index (κ1) is 14.0. The number of rotatable bonds is 7. The second-order valence-electron chi connectivity index (χ2n) is 3.74. The Balaban J connectivity index is 2.44. The monoisotopic (exact) mass is 247 g/mol. The molecule has 1 aromatic rings. The summed E-state index contributed by atoms with van der Waals surface area (Å²) >= 11 is 0. The van der Waals surface area contributed by atoms with E-state index >= 15 is 0 Å². The molecular formula is C14H17NO3. The number of amides is 1. The maximum Gasteiger partial charge on any atom is 0.220 e. The van der Waals surface area contributed by atoms with Gasteiger partial charge in [0.25, 0.3) is 0 Å². The number of carbonyl (C=O) groups is 2. The van der Waals surface area contributed by atoms with Gasteiger partial charge in [-0.3, -0.25) is 9.59 Å². The number of hydrogen-bond acceptors (Lipinski definition) is 3. The summed E-state index contributed by atoms with van der Waals surface area (Å²) in [7, 11) is 1.57. The zero-order valence-corrected chi connectivity index (χ0v) is 10.4. The van der Waals surface area contributed by atoms with Crippen LogP contribution in [0.2, 0.25) is 0 Å². The lowest BCUT2D eigenvalue weighted by Crippen LogP contribution is -2.23. The molecule has 0 saturated heterocycles. The summed E-state index contributed by atoms with van der Waals surface area (Å²) in [6.45, 7) is 3.92. The van der Waals surface area contributed by atoms with Crippen molar-refractivity contribution in [2.75, 3.05) is 13.7 Å². The first-order valence-electron chi connectivity index (χ1n) is 5.72. The van der Waals surface area contributed by atoms with Gasteiger partial charge in [-0.1, -0.05) is 6.08 Å². The molecule has 18 heavy (non-hydrogen) atoms. The molecule has 96 valence electrons. The van der Waals surface area contributed by atoms with Crippen LogP contribution in [0.5, 0.6) is 5.75 Å². The van der Waals surface area contributed by atoms with Crippen molar-refractivity contribution >= 4 is 11.7 Å². The predicted molar refractivity (Wildman–Crippen MR) is 69.8 cm³/mol. The summed E-state index contributed by atoms with van der Waals surface area (Å²) in [5.41, 5.74) is 0.590. The Bertz CT molecular complexity index is 423. The van der Waals surface area contributed by atoms with E-state index in [2.05, 4.69) is 11.9 Å². The molecular weight excluding hydrogens is 230 g/mol. The fourth-order valence-electron chi connectivity index (χ4n) is 1.42. The Morgan fingerprint density at radius 3 is 2.50 bits per heavy atom. The Hall–Kier alpha value is -2.10. The minimum Gasteiger partial charge on any atom is -0.497 e. The van der Waals surface area contributed by atoms with Crippen LogP contribution in [0.4, 0.5) is 0 Å². The van der Waals surface area contributed by atoms with Gasteiger partial charge in [-0.2, -0.15) is 0 Å². The van der Waals surface area contributed by atoms with Crippen LogP contribution in [-0.2, 0) is 4.79 Å². The molecule has 1 rings (SSSR count). The van der Waals surface area contributed by atoms with Crippen LogP contribution in [0, 0.1) is 0 Å². The molecule has 4 nitrogen and oxygen atoms in total. The van der Waals surface area contributed by atoms with Gasteiger partial charge in [0.1, 0.15) is 5.75 Å². The molecule has 0 unspecified atom stereocenters. The number of Topliss-reactive ketones (excluding diaryl/α,β-unsaturated/α-hetero) is 1. The van der Waals surface area contributed by atoms with E-state index in [4.69, 9.17) is 4.74 Å². The average molecular weight is 247 g/mol. The molecule has 1 amide bonds. The van der Waals surface area contributed by atoms with Crippen LogP contribution in [-0.4, -0.2) is 25.3 Å². The fourth-order valence-corrected chi connectivity index (χ4v) is 1.42. The third kappa shape index (κ3) is 4.41. The maximum atomic E-state index is 11.8. The van der Waals surface area contributed by atoms with E-state index in [1.165, 1.54) is 0 Å². The third-order valence-electron chi connectivity index (χ3n) is 2.43. The lowest BCUT2D eigenvalue weighted by molar-refractivity contribution is -0.120. The molecule has 1 N–H and O–H groups in total. The summed E-state index contributed by atoms with van der Waals surface area (Å²) < 4.78 is 5.01. The molecule has 0 fully saturated rings. The van der Waals surface area contributed by atoms with Gasteiger partial charge in [0.2, 0.25) is 5.91 Å². The zero-order valence-electron chi connectivity index (χ0n) is 10.4. The Morgan fingerprint density at radius 1 is 1.28 bits per heavy atom. The van der Waals surface area contributed by atoms with Crippen LogP contribution < -0.4 is 10.1 Å². The quantitative estimate of drug-likeness (QED) is 0.592. The summed E-state index contributed by atoms with van der Waals surface area (Å²) in [5.74, 6) is 0.512. The SMILES string of the molecule is C=CCNC(=O)CCC(=O)c1ccc(OC)cc1. The minimum atomic E-state index is -0.142. The largest absolute Gasteiger partial charge is 0.497 e. The maximum absolute atomic E-state index is 11.8. The van der Waals surface area contributed by atoms with Gasteiger partial charge in [0, 0.05) is 24.9 Å². The van der Waals surface area contributed by atoms with Gasteiger partial charge in [-0.05, 0) is 24.3 Å². The van der Waals surface area contributed by atoms with Crippen molar-refractivity contribution < 1.29 is 14.3 Å². The molecule has 4 heteroatoms. The van der Waals surface area contributed by atoms with Crippen LogP contribution in [0.15, 0.2) is 36.9 Å². The standard InChI is InChI=1S/C14H17NO3/c1-3-10-15-14(17)9-8-13(16)11-4-6-12(18-2)7-5-11/h3-7H,1,8-10H2,2H3,(H,15,17). The van der Waals surface area contributed by atoms with Crippen molar-refractivity contribution in [1.29, 1.82) is 0 Å². The first-order valence-corrected chi connectivity index (χ1v) is 5.72. The predicted octanol–water partition coefficient (Wildman–Crippen LogP) is 1.96. The van der Waals surface area contributed by atoms with E-state index in [-0.39, 0.29) is 24.5 Å². The minimum absolute atomic E-state index is 0.0496. The van der Waals surface area contributed by atoms with E-state index in [0.717, 1.165) is 0 Å². The van der Waals surface area contributed by atoms with Gasteiger partial charge in [-0.15, -0.1) is 6.58 Å². The van der Waals surface area contributed by atoms with Gasteiger partial charge < -0.3 is 10.1 Å². The number of ketones is 1. The van der Waals surface area contributed by atoms with E-state index in [0.29, 0.717) is 17.9 Å². The summed E-state index contributed by atoms with van der Waals surface area (Å²) in [6, 6.07) is 6.85. The molecule has 0 atom stereocenters. The molecule has 0 aliphatic heterocycles. The molecule has 0 radical (unpaired) electrons. The highest BCUT2D eigenvalue weighted by atomic mass is 16.5. The molecule has 0 aliphatic carbocycles. The number of ether oxygens (including phenoxy) is 1. The highest BCUT2D eigenvalue weighted by molar-refractivity contribution is 5.98. The van der Waals surface area contributed by atoms with Gasteiger partial charge in [0.05, 0.1) is 7.11 Å². The van der Waals surface area contributed by atoms with E-state index in [1.54, 1.807) is 37.5 Å². The average Bonchev–Trinajstić information content (AvgIpc) is 2.42. The molecule has 0 spiro atoms. The number of benzene rings is 1. The summed E-state index contributed by atoms with van der Waals surface area (Å²) in [4.78, 5) is 23.1. The van der Waals surface area contributed by atoms with E-state index in [1.807, 2.05) is 0 Å². The first-order chi connectivity index (χ1) is 8.67. The molecule has 0 aromatic heterocycles. The van der Waals surface area contributed by atoms with Crippen molar-refractivity contribution in [3.05, 3.63) is 42.5 Å². The van der Waals surface area contributed by atoms with Crippen molar-refractivity contribution in [2.45, 2.75) is 12.8 Å². The second-order valence-corrected chi connectivity index (χ2v) is 3.74. The Kier molecular flexibility index (Phi) is 5.64. The van der Waals surface area contributed by atoms with Crippen LogP contribution in [0.1, 0.15) is 23.2 Å². The Morgan fingerprint density at radius 2 is 1.94 bits per heavy atom. The third-order valence-corrected chi connectivity index (χ3v) is 2.43. The van der Waals surface area contributed by atoms with Crippen molar-refractivity contribution in [1.82, 2.24) is 5.32 Å². The van der Waals surface area contributed by atoms with Crippen molar-refractivity contribution in [3.8, 4) is 5.75 Å². The van der Waals surface area contributed by atoms with Crippen molar-refractivity contribution in [2.24, 2.45) is 0 Å². The van der Waals surface area contributed by atoms with E-state index < -0.39 is 0 Å². The van der Waals surface area contributed by atoms with Gasteiger partial charge >= 0.3 is 0 Å². The lowest BCUT2D eigenvalue weighted by atomic mass is 10.1. The molecule has 0 bridgehead atoms. The van der Waals surface area contributed by atoms with Crippen LogP contribution in [0.25, 0.3) is 0 Å².